The highest BCUT2D eigenvalue weighted by Gasteiger charge is 2.32. The van der Waals surface area contributed by atoms with E-state index in [0.717, 1.165) is 12.2 Å². The molecule has 1 amide bonds. The highest BCUT2D eigenvalue weighted by Crippen LogP contribution is 2.29. The third-order valence-corrected chi connectivity index (χ3v) is 7.41. The maximum atomic E-state index is 12.7. The molecule has 9 heteroatoms. The Bertz CT molecular complexity index is 954. The van der Waals surface area contributed by atoms with Crippen molar-refractivity contribution in [3.05, 3.63) is 48.4 Å². The number of sulfonamides is 1. The number of carbonyl (C=O) groups is 1. The third-order valence-electron chi connectivity index (χ3n) is 5.53. The number of hydrogen-bond donors (Lipinski definition) is 1. The Kier molecular flexibility index (Phi) is 6.29. The van der Waals surface area contributed by atoms with E-state index in [-0.39, 0.29) is 16.7 Å². The zero-order valence-electron chi connectivity index (χ0n) is 16.7. The molecule has 2 aromatic heterocycles. The SMILES string of the molecule is O=C(NCc1ccc(OCC2CC2)nc1)C1CCN(S(=O)(=O)c2cccnc2)CC1. The van der Waals surface area contributed by atoms with Crippen LogP contribution in [0.4, 0.5) is 0 Å². The smallest absolute Gasteiger partial charge is 0.244 e. The van der Waals surface area contributed by atoms with Gasteiger partial charge in [-0.2, -0.15) is 4.31 Å². The van der Waals surface area contributed by atoms with Crippen molar-refractivity contribution < 1.29 is 17.9 Å². The van der Waals surface area contributed by atoms with Gasteiger partial charge in [-0.1, -0.05) is 6.07 Å². The van der Waals surface area contributed by atoms with Gasteiger partial charge in [-0.3, -0.25) is 9.78 Å². The minimum Gasteiger partial charge on any atom is -0.477 e. The molecule has 0 aromatic carbocycles. The molecule has 4 rings (SSSR count). The standard InChI is InChI=1S/C21H26N4O4S/c26-21(24-13-17-5-6-20(23-12-17)29-15-16-3-4-16)18-7-10-25(11-8-18)30(27,28)19-2-1-9-22-14-19/h1-2,5-6,9,12,14,16,18H,3-4,7-8,10-11,13,15H2,(H,24,26). The summed E-state index contributed by atoms with van der Waals surface area (Å²) in [6, 6.07) is 6.87. The predicted molar refractivity (Wildman–Crippen MR) is 110 cm³/mol. The lowest BCUT2D eigenvalue weighted by atomic mass is 9.97. The quantitative estimate of drug-likeness (QED) is 0.687. The lowest BCUT2D eigenvalue weighted by Gasteiger charge is -2.30. The van der Waals surface area contributed by atoms with Crippen LogP contribution in [0.2, 0.25) is 0 Å². The number of nitrogens with one attached hydrogen (secondary N) is 1. The van der Waals surface area contributed by atoms with E-state index in [2.05, 4.69) is 15.3 Å². The number of amides is 1. The van der Waals surface area contributed by atoms with Crippen molar-refractivity contribution in [2.75, 3.05) is 19.7 Å². The number of hydrogen-bond acceptors (Lipinski definition) is 6. The summed E-state index contributed by atoms with van der Waals surface area (Å²) in [6.07, 6.45) is 8.07. The molecule has 2 fully saturated rings. The van der Waals surface area contributed by atoms with Gasteiger partial charge in [0, 0.05) is 50.2 Å². The fourth-order valence-corrected chi connectivity index (χ4v) is 4.86. The van der Waals surface area contributed by atoms with Crippen molar-refractivity contribution in [3.63, 3.8) is 0 Å². The van der Waals surface area contributed by atoms with Crippen LogP contribution in [0.1, 0.15) is 31.2 Å². The Balaban J connectivity index is 1.23. The zero-order chi connectivity index (χ0) is 21.0. The Morgan fingerprint density at radius 2 is 1.93 bits per heavy atom. The summed E-state index contributed by atoms with van der Waals surface area (Å²) in [7, 11) is -3.56. The first-order valence-electron chi connectivity index (χ1n) is 10.3. The number of carbonyl (C=O) groups excluding carboxylic acids is 1. The second-order valence-electron chi connectivity index (χ2n) is 7.84. The van der Waals surface area contributed by atoms with E-state index in [1.807, 2.05) is 12.1 Å². The molecule has 160 valence electrons. The van der Waals surface area contributed by atoms with Crippen LogP contribution in [0.5, 0.6) is 5.88 Å². The largest absolute Gasteiger partial charge is 0.477 e. The van der Waals surface area contributed by atoms with Crippen molar-refractivity contribution >= 4 is 15.9 Å². The van der Waals surface area contributed by atoms with E-state index < -0.39 is 10.0 Å². The van der Waals surface area contributed by atoms with Crippen LogP contribution in [0.15, 0.2) is 47.8 Å². The van der Waals surface area contributed by atoms with Gasteiger partial charge in [0.15, 0.2) is 0 Å². The monoisotopic (exact) mass is 430 g/mol. The number of rotatable bonds is 8. The van der Waals surface area contributed by atoms with Crippen molar-refractivity contribution in [1.82, 2.24) is 19.6 Å². The van der Waals surface area contributed by atoms with Crippen LogP contribution in [0, 0.1) is 11.8 Å². The molecule has 2 aromatic rings. The molecule has 1 N–H and O–H groups in total. The molecule has 0 radical (unpaired) electrons. The molecule has 1 aliphatic heterocycles. The van der Waals surface area contributed by atoms with E-state index in [1.165, 1.54) is 29.4 Å². The van der Waals surface area contributed by atoms with Crippen LogP contribution in [0.3, 0.4) is 0 Å². The van der Waals surface area contributed by atoms with E-state index in [1.54, 1.807) is 18.5 Å². The topological polar surface area (TPSA) is 101 Å². The van der Waals surface area contributed by atoms with Crippen molar-refractivity contribution in [1.29, 1.82) is 0 Å². The van der Waals surface area contributed by atoms with Gasteiger partial charge in [0.2, 0.25) is 21.8 Å². The van der Waals surface area contributed by atoms with Crippen LogP contribution in [0.25, 0.3) is 0 Å². The first-order valence-corrected chi connectivity index (χ1v) is 11.7. The normalized spacial score (nSPS) is 18.1. The van der Waals surface area contributed by atoms with E-state index in [9.17, 15) is 13.2 Å². The fraction of sp³-hybridized carbons (Fsp3) is 0.476. The lowest BCUT2D eigenvalue weighted by molar-refractivity contribution is -0.126. The van der Waals surface area contributed by atoms with Gasteiger partial charge in [-0.15, -0.1) is 0 Å². The molecule has 3 heterocycles. The van der Waals surface area contributed by atoms with Gasteiger partial charge in [-0.25, -0.2) is 13.4 Å². The van der Waals surface area contributed by atoms with Crippen LogP contribution in [-0.2, 0) is 21.4 Å². The summed E-state index contributed by atoms with van der Waals surface area (Å²) in [4.78, 5) is 20.9. The summed E-state index contributed by atoms with van der Waals surface area (Å²) < 4.78 is 32.4. The maximum Gasteiger partial charge on any atom is 0.244 e. The molecule has 1 saturated heterocycles. The van der Waals surface area contributed by atoms with Gasteiger partial charge in [0.05, 0.1) is 6.61 Å². The number of aromatic nitrogens is 2. The number of ether oxygens (including phenoxy) is 1. The average molecular weight is 431 g/mol. The number of nitrogens with zero attached hydrogens (tertiary/aromatic N) is 3. The van der Waals surface area contributed by atoms with Gasteiger partial charge < -0.3 is 10.1 Å². The summed E-state index contributed by atoms with van der Waals surface area (Å²) in [5, 5.41) is 2.94. The predicted octanol–water partition coefficient (Wildman–Crippen LogP) is 1.98. The lowest BCUT2D eigenvalue weighted by Crippen LogP contribution is -2.42. The van der Waals surface area contributed by atoms with E-state index in [4.69, 9.17) is 4.74 Å². The Morgan fingerprint density at radius 1 is 1.13 bits per heavy atom. The van der Waals surface area contributed by atoms with Gasteiger partial charge in [0.25, 0.3) is 0 Å². The Labute approximate surface area is 176 Å². The summed E-state index contributed by atoms with van der Waals surface area (Å²) in [6.45, 7) is 1.76. The highest BCUT2D eigenvalue weighted by atomic mass is 32.2. The molecule has 8 nitrogen and oxygen atoms in total. The first-order chi connectivity index (χ1) is 14.5. The molecular formula is C21H26N4O4S. The third kappa shape index (κ3) is 5.14. The summed E-state index contributed by atoms with van der Waals surface area (Å²) >= 11 is 0. The summed E-state index contributed by atoms with van der Waals surface area (Å²) in [5.41, 5.74) is 0.902. The van der Waals surface area contributed by atoms with Crippen LogP contribution >= 0.6 is 0 Å². The van der Waals surface area contributed by atoms with Crippen LogP contribution in [-0.4, -0.2) is 48.3 Å². The minimum absolute atomic E-state index is 0.0533. The second-order valence-corrected chi connectivity index (χ2v) is 9.78. The Hall–Kier alpha value is -2.52. The maximum absolute atomic E-state index is 12.7. The molecule has 0 spiro atoms. The van der Waals surface area contributed by atoms with Gasteiger partial charge in [0.1, 0.15) is 4.90 Å². The van der Waals surface area contributed by atoms with E-state index >= 15 is 0 Å². The first kappa shape index (κ1) is 20.7. The minimum atomic E-state index is -3.56. The molecule has 0 atom stereocenters. The summed E-state index contributed by atoms with van der Waals surface area (Å²) in [5.74, 6) is 1.04. The molecule has 30 heavy (non-hydrogen) atoms. The average Bonchev–Trinajstić information content (AvgIpc) is 3.62. The highest BCUT2D eigenvalue weighted by molar-refractivity contribution is 7.89. The molecule has 2 aliphatic rings. The van der Waals surface area contributed by atoms with Gasteiger partial charge >= 0.3 is 0 Å². The van der Waals surface area contributed by atoms with Crippen LogP contribution < -0.4 is 10.1 Å². The van der Waals surface area contributed by atoms with Gasteiger partial charge in [-0.05, 0) is 49.3 Å². The number of piperidine rings is 1. The Morgan fingerprint density at radius 3 is 2.57 bits per heavy atom. The zero-order valence-corrected chi connectivity index (χ0v) is 17.6. The number of pyridine rings is 2. The molecular weight excluding hydrogens is 404 g/mol. The molecule has 0 bridgehead atoms. The van der Waals surface area contributed by atoms with Crippen molar-refractivity contribution in [3.8, 4) is 5.88 Å². The molecule has 1 aliphatic carbocycles. The van der Waals surface area contributed by atoms with Crippen molar-refractivity contribution in [2.45, 2.75) is 37.1 Å². The van der Waals surface area contributed by atoms with E-state index in [0.29, 0.717) is 44.3 Å². The fourth-order valence-electron chi connectivity index (χ4n) is 3.43. The molecule has 1 saturated carbocycles. The second kappa shape index (κ2) is 9.09. The van der Waals surface area contributed by atoms with Crippen molar-refractivity contribution in [2.24, 2.45) is 11.8 Å². The molecule has 0 unspecified atom stereocenters.